The summed E-state index contributed by atoms with van der Waals surface area (Å²) in [5.41, 5.74) is 4.16. The van der Waals surface area contributed by atoms with Gasteiger partial charge in [0.15, 0.2) is 0 Å². The van der Waals surface area contributed by atoms with Crippen LogP contribution in [0.2, 0.25) is 0 Å². The molecule has 0 N–H and O–H groups in total. The molecule has 0 fully saturated rings. The van der Waals surface area contributed by atoms with Crippen LogP contribution in [-0.2, 0) is 0 Å². The number of ether oxygens (including phenoxy) is 1. The fourth-order valence-corrected chi connectivity index (χ4v) is 1.66. The number of hydrogen-bond donors (Lipinski definition) is 0. The summed E-state index contributed by atoms with van der Waals surface area (Å²) in [6.45, 7) is 13.0. The summed E-state index contributed by atoms with van der Waals surface area (Å²) in [5, 5.41) is 10.9. The number of benzene rings is 1. The molecule has 0 bridgehead atoms. The van der Waals surface area contributed by atoms with Gasteiger partial charge in [-0.2, -0.15) is 0 Å². The Morgan fingerprint density at radius 1 is 1.32 bits per heavy atom. The molecule has 0 atom stereocenters. The van der Waals surface area contributed by atoms with E-state index in [4.69, 9.17) is 4.74 Å². The Bertz CT molecular complexity index is 571. The summed E-state index contributed by atoms with van der Waals surface area (Å²) >= 11 is 0. The number of nitrogens with zero attached hydrogens (tertiary/aromatic N) is 1. The van der Waals surface area contributed by atoms with Gasteiger partial charge in [-0.1, -0.05) is 12.2 Å². The minimum atomic E-state index is -0.367. The van der Waals surface area contributed by atoms with Crippen molar-refractivity contribution in [2.45, 2.75) is 34.6 Å². The molecule has 4 heteroatoms. The minimum Gasteiger partial charge on any atom is -0.464 e. The van der Waals surface area contributed by atoms with Gasteiger partial charge in [-0.05, 0) is 45.8 Å². The molecule has 19 heavy (non-hydrogen) atoms. The van der Waals surface area contributed by atoms with Crippen LogP contribution in [0.25, 0.3) is 0 Å². The lowest BCUT2D eigenvalue weighted by Crippen LogP contribution is -1.99. The summed E-state index contributed by atoms with van der Waals surface area (Å²) in [6, 6.07) is 1.54. The largest absolute Gasteiger partial charge is 0.464 e. The van der Waals surface area contributed by atoms with Crippen molar-refractivity contribution in [3.05, 3.63) is 56.9 Å². The molecule has 1 rings (SSSR count). The van der Waals surface area contributed by atoms with Crippen LogP contribution >= 0.6 is 0 Å². The molecule has 0 amide bonds. The van der Waals surface area contributed by atoms with E-state index in [1.54, 1.807) is 26.2 Å². The number of rotatable bonds is 4. The van der Waals surface area contributed by atoms with Gasteiger partial charge in [-0.15, -0.1) is 0 Å². The average Bonchev–Trinajstić information content (AvgIpc) is 2.32. The first-order valence-electron chi connectivity index (χ1n) is 6.00. The molecule has 1 aromatic rings. The molecule has 0 aliphatic carbocycles. The van der Waals surface area contributed by atoms with Crippen LogP contribution in [0.3, 0.4) is 0 Å². The Balaban J connectivity index is 3.24. The lowest BCUT2D eigenvalue weighted by Gasteiger charge is -2.12. The van der Waals surface area contributed by atoms with Gasteiger partial charge in [0.25, 0.3) is 5.69 Å². The average molecular weight is 261 g/mol. The van der Waals surface area contributed by atoms with E-state index in [9.17, 15) is 10.1 Å². The monoisotopic (exact) mass is 261 g/mol. The summed E-state index contributed by atoms with van der Waals surface area (Å²) in [4.78, 5) is 10.6. The molecule has 0 heterocycles. The van der Waals surface area contributed by atoms with Gasteiger partial charge in [0.2, 0.25) is 0 Å². The van der Waals surface area contributed by atoms with Crippen molar-refractivity contribution < 1.29 is 9.66 Å². The van der Waals surface area contributed by atoms with Crippen molar-refractivity contribution in [3.63, 3.8) is 0 Å². The van der Waals surface area contributed by atoms with E-state index in [0.717, 1.165) is 22.3 Å². The fraction of sp³-hybridized carbons (Fsp3) is 0.333. The van der Waals surface area contributed by atoms with Crippen molar-refractivity contribution in [2.24, 2.45) is 0 Å². The van der Waals surface area contributed by atoms with Gasteiger partial charge in [0.1, 0.15) is 5.75 Å². The van der Waals surface area contributed by atoms with Crippen molar-refractivity contribution in [1.29, 1.82) is 0 Å². The third kappa shape index (κ3) is 3.22. The maximum Gasteiger partial charge on any atom is 0.273 e. The first kappa shape index (κ1) is 15.0. The number of nitro groups is 1. The predicted molar refractivity (Wildman–Crippen MR) is 76.5 cm³/mol. The number of aryl methyl sites for hydroxylation is 1. The van der Waals surface area contributed by atoms with Crippen LogP contribution < -0.4 is 4.74 Å². The van der Waals surface area contributed by atoms with Gasteiger partial charge in [-0.3, -0.25) is 10.1 Å². The van der Waals surface area contributed by atoms with Gasteiger partial charge in [0.05, 0.1) is 11.2 Å². The first-order valence-corrected chi connectivity index (χ1v) is 6.00. The first-order chi connectivity index (χ1) is 8.75. The van der Waals surface area contributed by atoms with Crippen LogP contribution in [-0.4, -0.2) is 4.92 Å². The van der Waals surface area contributed by atoms with Crippen LogP contribution in [0.5, 0.6) is 5.75 Å². The lowest BCUT2D eigenvalue weighted by molar-refractivity contribution is -0.385. The third-order valence-electron chi connectivity index (χ3n) is 3.22. The molecule has 4 nitrogen and oxygen atoms in total. The second-order valence-corrected chi connectivity index (χ2v) is 4.75. The second-order valence-electron chi connectivity index (χ2n) is 4.75. The van der Waals surface area contributed by atoms with Crippen molar-refractivity contribution in [3.8, 4) is 5.75 Å². The summed E-state index contributed by atoms with van der Waals surface area (Å²) in [7, 11) is 0. The molecule has 0 saturated carbocycles. The third-order valence-corrected chi connectivity index (χ3v) is 3.22. The van der Waals surface area contributed by atoms with Gasteiger partial charge >= 0.3 is 0 Å². The summed E-state index contributed by atoms with van der Waals surface area (Å²) in [6.07, 6.45) is 1.63. The molecule has 0 radical (unpaired) electrons. The maximum atomic E-state index is 10.9. The zero-order chi connectivity index (χ0) is 14.7. The second kappa shape index (κ2) is 5.69. The highest BCUT2D eigenvalue weighted by Crippen LogP contribution is 2.33. The number of allylic oxidation sites excluding steroid dienone is 2. The SMILES string of the molecule is C=C(C)C(C)=COc1c(C)cc([N+](=O)[O-])c(C)c1C. The van der Waals surface area contributed by atoms with Gasteiger partial charge in [0, 0.05) is 17.2 Å². The molecule has 0 spiro atoms. The van der Waals surface area contributed by atoms with Crippen LogP contribution in [0.4, 0.5) is 5.69 Å². The Hall–Kier alpha value is -2.10. The van der Waals surface area contributed by atoms with E-state index in [-0.39, 0.29) is 10.6 Å². The quantitative estimate of drug-likeness (QED) is 0.350. The molecular weight excluding hydrogens is 242 g/mol. The smallest absolute Gasteiger partial charge is 0.273 e. The predicted octanol–water partition coefficient (Wildman–Crippen LogP) is 4.38. The van der Waals surface area contributed by atoms with E-state index < -0.39 is 0 Å². The molecule has 0 aromatic heterocycles. The van der Waals surface area contributed by atoms with Gasteiger partial charge in [-0.25, -0.2) is 0 Å². The summed E-state index contributed by atoms with van der Waals surface area (Å²) < 4.78 is 5.66. The Labute approximate surface area is 113 Å². The molecule has 102 valence electrons. The normalized spacial score (nSPS) is 11.3. The number of nitro benzene ring substituents is 1. The molecule has 0 unspecified atom stereocenters. The molecule has 0 saturated heterocycles. The number of hydrogen-bond acceptors (Lipinski definition) is 3. The van der Waals surface area contributed by atoms with Crippen molar-refractivity contribution in [1.82, 2.24) is 0 Å². The fourth-order valence-electron chi connectivity index (χ4n) is 1.66. The molecule has 0 aliphatic heterocycles. The minimum absolute atomic E-state index is 0.128. The highest BCUT2D eigenvalue weighted by molar-refractivity contribution is 5.55. The lowest BCUT2D eigenvalue weighted by atomic mass is 10.0. The molecular formula is C15H19NO3. The standard InChI is InChI=1S/C15H19NO3/c1-9(2)11(4)8-19-15-10(3)7-14(16(17)18)12(5)13(15)6/h7-8H,1H2,2-6H3. The zero-order valence-electron chi connectivity index (χ0n) is 12.0. The molecule has 1 aromatic carbocycles. The highest BCUT2D eigenvalue weighted by Gasteiger charge is 2.18. The van der Waals surface area contributed by atoms with E-state index in [1.807, 2.05) is 20.8 Å². The van der Waals surface area contributed by atoms with Gasteiger partial charge < -0.3 is 4.74 Å². The van der Waals surface area contributed by atoms with Crippen LogP contribution in [0.15, 0.2) is 30.1 Å². The van der Waals surface area contributed by atoms with E-state index >= 15 is 0 Å². The Morgan fingerprint density at radius 3 is 2.37 bits per heavy atom. The highest BCUT2D eigenvalue weighted by atomic mass is 16.6. The van der Waals surface area contributed by atoms with Crippen LogP contribution in [0, 0.1) is 30.9 Å². The maximum absolute atomic E-state index is 10.9. The van der Waals surface area contributed by atoms with E-state index in [0.29, 0.717) is 11.3 Å². The zero-order valence-corrected chi connectivity index (χ0v) is 12.0. The van der Waals surface area contributed by atoms with E-state index in [1.165, 1.54) is 0 Å². The molecule has 0 aliphatic rings. The van der Waals surface area contributed by atoms with E-state index in [2.05, 4.69) is 6.58 Å². The van der Waals surface area contributed by atoms with Crippen molar-refractivity contribution >= 4 is 5.69 Å². The van der Waals surface area contributed by atoms with Crippen LogP contribution in [0.1, 0.15) is 30.5 Å². The van der Waals surface area contributed by atoms with Crippen molar-refractivity contribution in [2.75, 3.05) is 0 Å². The summed E-state index contributed by atoms with van der Waals surface area (Å²) in [5.74, 6) is 0.670. The topological polar surface area (TPSA) is 52.4 Å². The Morgan fingerprint density at radius 2 is 1.89 bits per heavy atom. The Kier molecular flexibility index (Phi) is 4.48.